The van der Waals surface area contributed by atoms with Gasteiger partial charge in [0.1, 0.15) is 0 Å². The summed E-state index contributed by atoms with van der Waals surface area (Å²) in [5, 5.41) is 20.5. The molecule has 0 saturated heterocycles. The van der Waals surface area contributed by atoms with E-state index in [1.54, 1.807) is 19.2 Å². The predicted molar refractivity (Wildman–Crippen MR) is 66.3 cm³/mol. The number of pyridine rings is 1. The average molecular weight is 247 g/mol. The maximum Gasteiger partial charge on any atom is 0.311 e. The fourth-order valence-electron chi connectivity index (χ4n) is 1.56. The third kappa shape index (κ3) is 2.45. The van der Waals surface area contributed by atoms with E-state index in [1.165, 1.54) is 6.07 Å². The van der Waals surface area contributed by atoms with Crippen molar-refractivity contribution in [3.63, 3.8) is 0 Å². The number of nitrogens with zero attached hydrogens (tertiary/aromatic N) is 3. The van der Waals surface area contributed by atoms with E-state index in [0.717, 1.165) is 17.0 Å². The number of hydrogen-bond acceptors (Lipinski definition) is 5. The predicted octanol–water partition coefficient (Wildman–Crippen LogP) is 1.94. The molecule has 7 nitrogen and oxygen atoms in total. The number of hydrogen-bond donors (Lipinski definition) is 2. The van der Waals surface area contributed by atoms with Gasteiger partial charge in [-0.1, -0.05) is 0 Å². The summed E-state index contributed by atoms with van der Waals surface area (Å²) in [6.45, 7) is 4.12. The summed E-state index contributed by atoms with van der Waals surface area (Å²) >= 11 is 0. The van der Waals surface area contributed by atoms with Crippen LogP contribution < -0.4 is 5.32 Å². The molecule has 0 atom stereocenters. The summed E-state index contributed by atoms with van der Waals surface area (Å²) in [7, 11) is 0. The Kier molecular flexibility index (Phi) is 3.22. The fraction of sp³-hybridized carbons (Fsp3) is 0.273. The molecule has 2 aromatic rings. The number of H-pyrrole nitrogens is 1. The van der Waals surface area contributed by atoms with Crippen LogP contribution in [0.5, 0.6) is 0 Å². The summed E-state index contributed by atoms with van der Waals surface area (Å²) in [5.41, 5.74) is 2.58. The van der Waals surface area contributed by atoms with Crippen LogP contribution in [0.4, 0.5) is 11.5 Å². The van der Waals surface area contributed by atoms with Crippen LogP contribution in [0, 0.1) is 24.0 Å². The van der Waals surface area contributed by atoms with E-state index >= 15 is 0 Å². The standard InChI is InChI=1S/C11H13N5O2/c1-7-3-4-10(16(17)18)11(14-7)12-5-9-6-13-15-8(9)2/h3-4,6H,5H2,1-2H3,(H,12,14)(H,13,15). The average Bonchev–Trinajstić information content (AvgIpc) is 2.72. The molecule has 2 rings (SSSR count). The van der Waals surface area contributed by atoms with Gasteiger partial charge in [-0.2, -0.15) is 5.10 Å². The highest BCUT2D eigenvalue weighted by Gasteiger charge is 2.15. The largest absolute Gasteiger partial charge is 0.360 e. The summed E-state index contributed by atoms with van der Waals surface area (Å²) in [6, 6.07) is 3.07. The van der Waals surface area contributed by atoms with E-state index in [1.807, 2.05) is 6.92 Å². The molecule has 0 saturated carbocycles. The third-order valence-electron chi connectivity index (χ3n) is 2.59. The molecule has 0 aliphatic rings. The van der Waals surface area contributed by atoms with E-state index < -0.39 is 4.92 Å². The van der Waals surface area contributed by atoms with Crippen LogP contribution in [-0.2, 0) is 6.54 Å². The van der Waals surface area contributed by atoms with Crippen molar-refractivity contribution in [2.45, 2.75) is 20.4 Å². The Morgan fingerprint density at radius 1 is 1.44 bits per heavy atom. The molecule has 18 heavy (non-hydrogen) atoms. The first kappa shape index (κ1) is 12.0. The number of anilines is 1. The van der Waals surface area contributed by atoms with Crippen molar-refractivity contribution in [2.24, 2.45) is 0 Å². The van der Waals surface area contributed by atoms with E-state index in [4.69, 9.17) is 0 Å². The van der Waals surface area contributed by atoms with Crippen LogP contribution in [0.3, 0.4) is 0 Å². The molecule has 0 radical (unpaired) electrons. The molecule has 0 amide bonds. The summed E-state index contributed by atoms with van der Waals surface area (Å²) < 4.78 is 0. The van der Waals surface area contributed by atoms with Crippen molar-refractivity contribution in [1.29, 1.82) is 0 Å². The van der Waals surface area contributed by atoms with E-state index in [0.29, 0.717) is 6.54 Å². The van der Waals surface area contributed by atoms with Crippen molar-refractivity contribution in [3.05, 3.63) is 45.4 Å². The van der Waals surface area contributed by atoms with Crippen molar-refractivity contribution >= 4 is 11.5 Å². The third-order valence-corrected chi connectivity index (χ3v) is 2.59. The SMILES string of the molecule is Cc1ccc([N+](=O)[O-])c(NCc2cn[nH]c2C)n1. The molecule has 94 valence electrons. The Morgan fingerprint density at radius 3 is 2.83 bits per heavy atom. The van der Waals surface area contributed by atoms with Crippen molar-refractivity contribution in [3.8, 4) is 0 Å². The molecule has 2 N–H and O–H groups in total. The lowest BCUT2D eigenvalue weighted by molar-refractivity contribution is -0.384. The summed E-state index contributed by atoms with van der Waals surface area (Å²) in [5.74, 6) is 0.278. The van der Waals surface area contributed by atoms with Crippen LogP contribution in [0.25, 0.3) is 0 Å². The molecule has 0 aromatic carbocycles. The van der Waals surface area contributed by atoms with Crippen molar-refractivity contribution in [1.82, 2.24) is 15.2 Å². The van der Waals surface area contributed by atoms with Gasteiger partial charge in [-0.05, 0) is 19.9 Å². The Balaban J connectivity index is 2.20. The number of rotatable bonds is 4. The fourth-order valence-corrected chi connectivity index (χ4v) is 1.56. The Morgan fingerprint density at radius 2 is 2.22 bits per heavy atom. The monoisotopic (exact) mass is 247 g/mol. The van der Waals surface area contributed by atoms with Gasteiger partial charge >= 0.3 is 5.69 Å². The smallest absolute Gasteiger partial charge is 0.311 e. The first-order valence-electron chi connectivity index (χ1n) is 5.42. The molecule has 0 fully saturated rings. The lowest BCUT2D eigenvalue weighted by atomic mass is 10.2. The molecule has 0 unspecified atom stereocenters. The van der Waals surface area contributed by atoms with Crippen LogP contribution in [0.2, 0.25) is 0 Å². The van der Waals surface area contributed by atoms with Crippen LogP contribution in [0.15, 0.2) is 18.3 Å². The van der Waals surface area contributed by atoms with E-state index in [9.17, 15) is 10.1 Å². The maximum absolute atomic E-state index is 10.9. The first-order chi connectivity index (χ1) is 8.58. The van der Waals surface area contributed by atoms with Crippen molar-refractivity contribution in [2.75, 3.05) is 5.32 Å². The minimum atomic E-state index is -0.447. The number of aromatic amines is 1. The number of nitrogens with one attached hydrogen (secondary N) is 2. The molecule has 2 aromatic heterocycles. The molecular formula is C11H13N5O2. The highest BCUT2D eigenvalue weighted by molar-refractivity contribution is 5.56. The zero-order valence-corrected chi connectivity index (χ0v) is 10.1. The van der Waals surface area contributed by atoms with Gasteiger partial charge in [0.25, 0.3) is 0 Å². The van der Waals surface area contributed by atoms with Crippen molar-refractivity contribution < 1.29 is 4.92 Å². The van der Waals surface area contributed by atoms with Crippen LogP contribution in [-0.4, -0.2) is 20.1 Å². The number of nitro groups is 1. The lowest BCUT2D eigenvalue weighted by Gasteiger charge is -2.06. The maximum atomic E-state index is 10.9. The Labute approximate surface area is 103 Å². The minimum Gasteiger partial charge on any atom is -0.360 e. The first-order valence-corrected chi connectivity index (χ1v) is 5.42. The molecule has 0 spiro atoms. The summed E-state index contributed by atoms with van der Waals surface area (Å²) in [4.78, 5) is 14.6. The Hall–Kier alpha value is -2.44. The van der Waals surface area contributed by atoms with Gasteiger partial charge in [0.05, 0.1) is 11.1 Å². The highest BCUT2D eigenvalue weighted by atomic mass is 16.6. The topological polar surface area (TPSA) is 96.7 Å². The van der Waals surface area contributed by atoms with Gasteiger partial charge in [-0.25, -0.2) is 4.98 Å². The second-order valence-electron chi connectivity index (χ2n) is 3.95. The zero-order valence-electron chi connectivity index (χ0n) is 10.1. The Bertz CT molecular complexity index is 579. The molecule has 0 bridgehead atoms. The van der Waals surface area contributed by atoms with Gasteiger partial charge in [0.15, 0.2) is 0 Å². The number of aryl methyl sites for hydroxylation is 2. The van der Waals surface area contributed by atoms with Gasteiger partial charge in [0.2, 0.25) is 5.82 Å². The normalized spacial score (nSPS) is 10.3. The van der Waals surface area contributed by atoms with Gasteiger partial charge in [-0.15, -0.1) is 0 Å². The molecule has 0 aliphatic carbocycles. The molecular weight excluding hydrogens is 234 g/mol. The lowest BCUT2D eigenvalue weighted by Crippen LogP contribution is -2.05. The second kappa shape index (κ2) is 4.82. The molecule has 0 aliphatic heterocycles. The van der Waals surface area contributed by atoms with Crippen LogP contribution >= 0.6 is 0 Å². The highest BCUT2D eigenvalue weighted by Crippen LogP contribution is 2.22. The van der Waals surface area contributed by atoms with Gasteiger partial charge in [0, 0.05) is 29.6 Å². The molecule has 2 heterocycles. The minimum absolute atomic E-state index is 0.0262. The van der Waals surface area contributed by atoms with E-state index in [2.05, 4.69) is 20.5 Å². The zero-order chi connectivity index (χ0) is 13.1. The quantitative estimate of drug-likeness (QED) is 0.635. The number of aromatic nitrogens is 3. The van der Waals surface area contributed by atoms with Crippen LogP contribution in [0.1, 0.15) is 17.0 Å². The second-order valence-corrected chi connectivity index (χ2v) is 3.95. The van der Waals surface area contributed by atoms with Gasteiger partial charge in [-0.3, -0.25) is 15.2 Å². The molecule has 7 heteroatoms. The summed E-state index contributed by atoms with van der Waals surface area (Å²) in [6.07, 6.45) is 1.68. The van der Waals surface area contributed by atoms with E-state index in [-0.39, 0.29) is 11.5 Å². The van der Waals surface area contributed by atoms with Gasteiger partial charge < -0.3 is 5.32 Å².